The zero-order chi connectivity index (χ0) is 31.9. The predicted octanol–water partition coefficient (Wildman–Crippen LogP) is 7.21. The number of fused-ring (bicyclic) bond motifs is 8. The Morgan fingerprint density at radius 2 is 0.583 bits per heavy atom. The van der Waals surface area contributed by atoms with Gasteiger partial charge in [0.1, 0.15) is 0 Å². The average molecular weight is 625 g/mol. The number of hydrogen-bond acceptors (Lipinski definition) is 0. The summed E-state index contributed by atoms with van der Waals surface area (Å²) < 4.78 is 0. The number of nitrogens with one attached hydrogen (secondary N) is 4. The van der Waals surface area contributed by atoms with E-state index in [1.807, 2.05) is 0 Å². The Hall–Kier alpha value is -5.48. The van der Waals surface area contributed by atoms with Crippen molar-refractivity contribution in [2.24, 2.45) is 0 Å². The molecule has 0 spiro atoms. The molecule has 1 aliphatic heterocycles. The highest BCUT2D eigenvalue weighted by Crippen LogP contribution is 2.33. The maximum Gasteiger partial charge on any atom is 0.0482 e. The smallest absolute Gasteiger partial charge is 0.0482 e. The van der Waals surface area contributed by atoms with E-state index >= 15 is 0 Å². The summed E-state index contributed by atoms with van der Waals surface area (Å²) in [6, 6.07) is 18.2. The van der Waals surface area contributed by atoms with Crippen LogP contribution in [0.25, 0.3) is 22.3 Å². The van der Waals surface area contributed by atoms with Gasteiger partial charge in [-0.15, -0.1) is 0 Å². The molecule has 0 atom stereocenters. The zero-order valence-electron chi connectivity index (χ0n) is 27.2. The SMILES string of the molecule is C1=CCCC(C2=c3ccc([nH]3)=C(C3=CC=CCC3)c3ccc([nH]3)C(C3=CC=CCC3)=c3ccc([nH]3)=C(C3=CC=CCC3)c3ccc2[nH]3)=C1. The Morgan fingerprint density at radius 1 is 0.312 bits per heavy atom. The highest BCUT2D eigenvalue weighted by atomic mass is 14.8. The van der Waals surface area contributed by atoms with Crippen LogP contribution in [0.15, 0.2) is 144 Å². The van der Waals surface area contributed by atoms with Crippen LogP contribution in [0.5, 0.6) is 0 Å². The van der Waals surface area contributed by atoms with Crippen LogP contribution in [0.2, 0.25) is 0 Å². The van der Waals surface area contributed by atoms with Crippen molar-refractivity contribution in [2.75, 3.05) is 0 Å². The van der Waals surface area contributed by atoms with Gasteiger partial charge in [-0.3, -0.25) is 0 Å². The third-order valence-corrected chi connectivity index (χ3v) is 10.2. The van der Waals surface area contributed by atoms with E-state index in [0.717, 1.165) is 95.5 Å². The molecule has 4 nitrogen and oxygen atoms in total. The van der Waals surface area contributed by atoms with Crippen LogP contribution in [-0.2, 0) is 0 Å². The Balaban J connectivity index is 1.40. The Bertz CT molecular complexity index is 2110. The standard InChI is InChI=1S/C44H40N4/c1-5-13-29(14-6-1)41-33-21-23-35(45-33)42(30-15-7-2-8-16-30)37-25-27-39(47-37)44(32-19-11-4-12-20-32)40-28-26-38(48-40)43(31-17-9-3-10-18-31)36-24-22-34(41)46-36/h1-5,7,9,11,13,15,17,19,21-28,45-48H,6,8,10,12,14,16,18,20H2. The summed E-state index contributed by atoms with van der Waals surface area (Å²) in [4.78, 5) is 15.7. The summed E-state index contributed by atoms with van der Waals surface area (Å²) >= 11 is 0. The first-order valence-electron chi connectivity index (χ1n) is 17.5. The van der Waals surface area contributed by atoms with Crippen LogP contribution in [0, 0.1) is 0 Å². The van der Waals surface area contributed by atoms with Gasteiger partial charge in [-0.2, -0.15) is 0 Å². The lowest BCUT2D eigenvalue weighted by atomic mass is 9.95. The minimum Gasteiger partial charge on any atom is -0.354 e. The zero-order valence-corrected chi connectivity index (χ0v) is 27.2. The minimum absolute atomic E-state index is 1.01. The van der Waals surface area contributed by atoms with Crippen molar-refractivity contribution < 1.29 is 0 Å². The first kappa shape index (κ1) is 28.7. The Morgan fingerprint density at radius 3 is 0.812 bits per heavy atom. The molecule has 236 valence electrons. The van der Waals surface area contributed by atoms with Gasteiger partial charge in [0.2, 0.25) is 0 Å². The summed E-state index contributed by atoms with van der Waals surface area (Å²) in [5.41, 5.74) is 14.9. The molecule has 9 rings (SSSR count). The van der Waals surface area contributed by atoms with Crippen molar-refractivity contribution >= 4 is 22.3 Å². The Kier molecular flexibility index (Phi) is 7.34. The van der Waals surface area contributed by atoms with Gasteiger partial charge < -0.3 is 19.9 Å². The molecule has 4 aliphatic carbocycles. The average Bonchev–Trinajstić information content (AvgIpc) is 3.98. The van der Waals surface area contributed by atoms with E-state index in [-0.39, 0.29) is 0 Å². The molecule has 0 aromatic carbocycles. The molecule has 4 aromatic heterocycles. The molecule has 4 N–H and O–H groups in total. The molecule has 4 aromatic rings. The van der Waals surface area contributed by atoms with Crippen molar-refractivity contribution in [1.82, 2.24) is 19.9 Å². The largest absolute Gasteiger partial charge is 0.354 e. The number of allylic oxidation sites excluding steroid dienone is 16. The highest BCUT2D eigenvalue weighted by Gasteiger charge is 2.21. The lowest BCUT2D eigenvalue weighted by molar-refractivity contribution is 0.980. The fraction of sp³-hybridized carbons (Fsp3) is 0.182. The molecule has 0 saturated heterocycles. The molecule has 5 aliphatic rings. The molecule has 0 amide bonds. The second-order valence-corrected chi connectivity index (χ2v) is 13.3. The van der Waals surface area contributed by atoms with Crippen LogP contribution >= 0.6 is 0 Å². The second kappa shape index (κ2) is 12.3. The van der Waals surface area contributed by atoms with Crippen molar-refractivity contribution in [3.8, 4) is 0 Å². The minimum atomic E-state index is 1.01. The molecule has 0 saturated carbocycles. The van der Waals surface area contributed by atoms with Crippen LogP contribution in [-0.4, -0.2) is 19.9 Å². The second-order valence-electron chi connectivity index (χ2n) is 13.3. The first-order valence-corrected chi connectivity index (χ1v) is 17.5. The van der Waals surface area contributed by atoms with Crippen LogP contribution in [0.3, 0.4) is 0 Å². The lowest BCUT2D eigenvalue weighted by Gasteiger charge is -2.15. The number of rotatable bonds is 4. The predicted molar refractivity (Wildman–Crippen MR) is 198 cm³/mol. The summed E-state index contributed by atoms with van der Waals surface area (Å²) in [6.45, 7) is 0. The molecule has 0 fully saturated rings. The van der Waals surface area contributed by atoms with Crippen molar-refractivity contribution in [3.63, 3.8) is 0 Å². The van der Waals surface area contributed by atoms with E-state index in [0.29, 0.717) is 0 Å². The molecule has 5 heterocycles. The highest BCUT2D eigenvalue weighted by molar-refractivity contribution is 5.84. The third kappa shape index (κ3) is 5.18. The molecular formula is C44H40N4. The van der Waals surface area contributed by atoms with Gasteiger partial charge in [0.25, 0.3) is 0 Å². The van der Waals surface area contributed by atoms with Crippen LogP contribution in [0.1, 0.15) is 74.1 Å². The van der Waals surface area contributed by atoms with Crippen molar-refractivity contribution in [1.29, 1.82) is 0 Å². The summed E-state index contributed by atoms with van der Waals surface area (Å²) in [5, 5.41) is 4.55. The third-order valence-electron chi connectivity index (χ3n) is 10.2. The summed E-state index contributed by atoms with van der Waals surface area (Å²) in [7, 11) is 0. The Labute approximate surface area is 280 Å². The fourth-order valence-corrected chi connectivity index (χ4v) is 7.95. The molecule has 0 unspecified atom stereocenters. The molecular weight excluding hydrogens is 585 g/mol. The topological polar surface area (TPSA) is 63.2 Å². The molecule has 0 radical (unpaired) electrons. The number of aromatic amines is 4. The normalized spacial score (nSPS) is 19.0. The van der Waals surface area contributed by atoms with Crippen molar-refractivity contribution in [3.05, 3.63) is 188 Å². The van der Waals surface area contributed by atoms with E-state index in [1.54, 1.807) is 0 Å². The summed E-state index contributed by atoms with van der Waals surface area (Å²) in [6.07, 6.45) is 35.3. The van der Waals surface area contributed by atoms with E-state index < -0.39 is 0 Å². The quantitative estimate of drug-likeness (QED) is 0.185. The van der Waals surface area contributed by atoms with Gasteiger partial charge in [0, 0.05) is 66.5 Å². The maximum absolute atomic E-state index is 3.93. The first-order chi connectivity index (χ1) is 23.8. The number of aromatic nitrogens is 4. The van der Waals surface area contributed by atoms with Crippen LogP contribution < -0.4 is 21.4 Å². The van der Waals surface area contributed by atoms with Gasteiger partial charge in [-0.25, -0.2) is 0 Å². The number of hydrogen-bond donors (Lipinski definition) is 4. The van der Waals surface area contributed by atoms with E-state index in [2.05, 4.69) is 141 Å². The molecule has 8 bridgehead atoms. The summed E-state index contributed by atoms with van der Waals surface area (Å²) in [5.74, 6) is 0. The van der Waals surface area contributed by atoms with Gasteiger partial charge in [-0.1, -0.05) is 72.9 Å². The monoisotopic (exact) mass is 624 g/mol. The van der Waals surface area contributed by atoms with Crippen LogP contribution in [0.4, 0.5) is 0 Å². The molecule has 4 heteroatoms. The van der Waals surface area contributed by atoms with Gasteiger partial charge in [0.05, 0.1) is 0 Å². The molecule has 48 heavy (non-hydrogen) atoms. The van der Waals surface area contributed by atoms with Gasteiger partial charge in [-0.05, 0) is 122 Å². The van der Waals surface area contributed by atoms with E-state index in [1.165, 1.54) is 44.6 Å². The van der Waals surface area contributed by atoms with Gasteiger partial charge in [0.15, 0.2) is 0 Å². The fourth-order valence-electron chi connectivity index (χ4n) is 7.95. The number of H-pyrrole nitrogens is 4. The van der Waals surface area contributed by atoms with E-state index in [4.69, 9.17) is 0 Å². The lowest BCUT2D eigenvalue weighted by Crippen LogP contribution is -2.20. The van der Waals surface area contributed by atoms with Gasteiger partial charge >= 0.3 is 0 Å². The van der Waals surface area contributed by atoms with E-state index in [9.17, 15) is 0 Å². The van der Waals surface area contributed by atoms with Crippen molar-refractivity contribution in [2.45, 2.75) is 51.4 Å². The maximum atomic E-state index is 3.93.